The molecule has 128 valence electrons. The molecule has 2 atom stereocenters. The van der Waals surface area contributed by atoms with Gasteiger partial charge in [-0.3, -0.25) is 0 Å². The van der Waals surface area contributed by atoms with Gasteiger partial charge in [-0.25, -0.2) is 4.68 Å². The predicted octanol–water partition coefficient (Wildman–Crippen LogP) is 2.71. The van der Waals surface area contributed by atoms with E-state index >= 15 is 0 Å². The van der Waals surface area contributed by atoms with E-state index in [2.05, 4.69) is 65.9 Å². The van der Waals surface area contributed by atoms with Crippen LogP contribution in [0.4, 0.5) is 0 Å². The fraction of sp³-hybridized carbons (Fsp3) is 0.632. The summed E-state index contributed by atoms with van der Waals surface area (Å²) in [5.74, 6) is 2.40. The molecule has 1 saturated carbocycles. The third-order valence-electron chi connectivity index (χ3n) is 5.67. The molecule has 1 aromatic carbocycles. The van der Waals surface area contributed by atoms with E-state index in [1.165, 1.54) is 25.7 Å². The molecule has 0 aliphatic heterocycles. The summed E-state index contributed by atoms with van der Waals surface area (Å²) in [6, 6.07) is 9.55. The number of rotatable bonds is 3. The Hall–Kier alpha value is -1.75. The minimum atomic E-state index is -0.0841. The van der Waals surface area contributed by atoms with Gasteiger partial charge >= 0.3 is 0 Å². The zero-order valence-corrected chi connectivity index (χ0v) is 14.9. The molecule has 4 rings (SSSR count). The van der Waals surface area contributed by atoms with Gasteiger partial charge in [0.15, 0.2) is 5.82 Å². The van der Waals surface area contributed by atoms with Gasteiger partial charge in [-0.05, 0) is 79.8 Å². The van der Waals surface area contributed by atoms with Crippen LogP contribution in [0.15, 0.2) is 24.3 Å². The molecule has 24 heavy (non-hydrogen) atoms. The second kappa shape index (κ2) is 5.96. The van der Waals surface area contributed by atoms with Gasteiger partial charge in [0.1, 0.15) is 0 Å². The van der Waals surface area contributed by atoms with E-state index in [9.17, 15) is 0 Å². The fourth-order valence-electron chi connectivity index (χ4n) is 4.53. The molecule has 2 bridgehead atoms. The number of aromatic nitrogens is 4. The van der Waals surface area contributed by atoms with Gasteiger partial charge in [0, 0.05) is 6.04 Å². The molecular weight excluding hydrogens is 298 g/mol. The van der Waals surface area contributed by atoms with Crippen LogP contribution in [-0.2, 0) is 24.9 Å². The number of nitrogens with one attached hydrogen (secondary N) is 1. The summed E-state index contributed by atoms with van der Waals surface area (Å²) in [5.41, 5.74) is 3.02. The molecule has 1 heterocycles. The zero-order chi connectivity index (χ0) is 16.7. The first kappa shape index (κ1) is 15.8. The monoisotopic (exact) mass is 325 g/mol. The van der Waals surface area contributed by atoms with Crippen LogP contribution in [0.2, 0.25) is 0 Å². The van der Waals surface area contributed by atoms with Crippen molar-refractivity contribution in [3.63, 3.8) is 0 Å². The minimum Gasteiger partial charge on any atom is -0.306 e. The highest BCUT2D eigenvalue weighted by Gasteiger charge is 2.38. The van der Waals surface area contributed by atoms with Crippen molar-refractivity contribution in [1.82, 2.24) is 25.5 Å². The first-order valence-electron chi connectivity index (χ1n) is 9.10. The Morgan fingerprint density at radius 2 is 1.71 bits per heavy atom. The fourth-order valence-corrected chi connectivity index (χ4v) is 4.53. The molecule has 1 aromatic heterocycles. The number of hydrogen-bond donors (Lipinski definition) is 1. The molecule has 2 aliphatic carbocycles. The molecular formula is C19H27N5. The predicted molar refractivity (Wildman–Crippen MR) is 93.5 cm³/mol. The molecule has 1 N–H and O–H groups in total. The SMILES string of the molecule is CC(C)(C)n1nnnc1CNC1C2CCC1Cc1ccccc1C2. The lowest BCUT2D eigenvalue weighted by Gasteiger charge is -2.25. The number of tetrazole rings is 1. The van der Waals surface area contributed by atoms with Crippen LogP contribution in [0.3, 0.4) is 0 Å². The van der Waals surface area contributed by atoms with Gasteiger partial charge in [0.25, 0.3) is 0 Å². The largest absolute Gasteiger partial charge is 0.306 e. The van der Waals surface area contributed by atoms with Crippen LogP contribution >= 0.6 is 0 Å². The Morgan fingerprint density at radius 3 is 2.29 bits per heavy atom. The lowest BCUT2D eigenvalue weighted by molar-refractivity contribution is 0.307. The lowest BCUT2D eigenvalue weighted by atomic mass is 9.94. The van der Waals surface area contributed by atoms with Crippen LogP contribution < -0.4 is 5.32 Å². The third-order valence-corrected chi connectivity index (χ3v) is 5.67. The van der Waals surface area contributed by atoms with Crippen molar-refractivity contribution in [3.8, 4) is 0 Å². The number of benzene rings is 1. The average molecular weight is 325 g/mol. The van der Waals surface area contributed by atoms with E-state index in [4.69, 9.17) is 0 Å². The van der Waals surface area contributed by atoms with E-state index in [1.807, 2.05) is 4.68 Å². The van der Waals surface area contributed by atoms with Crippen molar-refractivity contribution in [1.29, 1.82) is 0 Å². The van der Waals surface area contributed by atoms with Gasteiger partial charge in [0.2, 0.25) is 0 Å². The molecule has 2 aliphatic rings. The van der Waals surface area contributed by atoms with Crippen LogP contribution in [0.5, 0.6) is 0 Å². The quantitative estimate of drug-likeness (QED) is 0.943. The molecule has 0 radical (unpaired) electrons. The maximum absolute atomic E-state index is 4.24. The highest BCUT2D eigenvalue weighted by molar-refractivity contribution is 5.30. The lowest BCUT2D eigenvalue weighted by Crippen LogP contribution is -2.39. The van der Waals surface area contributed by atoms with E-state index < -0.39 is 0 Å². The van der Waals surface area contributed by atoms with E-state index in [0.29, 0.717) is 6.04 Å². The highest BCUT2D eigenvalue weighted by Crippen LogP contribution is 2.40. The number of hydrogen-bond acceptors (Lipinski definition) is 4. The molecule has 1 fully saturated rings. The van der Waals surface area contributed by atoms with Crippen LogP contribution in [0.1, 0.15) is 50.6 Å². The minimum absolute atomic E-state index is 0.0841. The van der Waals surface area contributed by atoms with E-state index in [0.717, 1.165) is 24.2 Å². The van der Waals surface area contributed by atoms with Crippen molar-refractivity contribution in [2.75, 3.05) is 0 Å². The Kier molecular flexibility index (Phi) is 3.91. The van der Waals surface area contributed by atoms with Crippen molar-refractivity contribution < 1.29 is 0 Å². The number of fused-ring (bicyclic) bond motifs is 3. The first-order chi connectivity index (χ1) is 11.5. The Bertz CT molecular complexity index is 682. The Morgan fingerprint density at radius 1 is 1.08 bits per heavy atom. The standard InChI is InChI=1S/C19H27N5/c1-19(2,3)24-17(21-22-23-24)12-20-18-15-8-9-16(18)11-14-7-5-4-6-13(14)10-15/h4-7,15-16,18,20H,8-12H2,1-3H3. The third kappa shape index (κ3) is 2.86. The summed E-state index contributed by atoms with van der Waals surface area (Å²) in [5, 5.41) is 16.1. The van der Waals surface area contributed by atoms with Gasteiger partial charge in [-0.1, -0.05) is 24.3 Å². The average Bonchev–Trinajstić information content (AvgIpc) is 3.09. The second-order valence-corrected chi connectivity index (χ2v) is 8.36. The first-order valence-corrected chi connectivity index (χ1v) is 9.10. The van der Waals surface area contributed by atoms with Gasteiger partial charge < -0.3 is 5.32 Å². The topological polar surface area (TPSA) is 55.6 Å². The zero-order valence-electron chi connectivity index (χ0n) is 14.9. The second-order valence-electron chi connectivity index (χ2n) is 8.36. The number of nitrogens with zero attached hydrogens (tertiary/aromatic N) is 4. The Labute approximate surface area is 143 Å². The summed E-state index contributed by atoms with van der Waals surface area (Å²) < 4.78 is 1.94. The molecule has 0 spiro atoms. The van der Waals surface area contributed by atoms with Crippen LogP contribution in [-0.4, -0.2) is 26.2 Å². The normalized spacial score (nSPS) is 26.2. The van der Waals surface area contributed by atoms with E-state index in [1.54, 1.807) is 11.1 Å². The van der Waals surface area contributed by atoms with Gasteiger partial charge in [0.05, 0.1) is 12.1 Å². The summed E-state index contributed by atoms with van der Waals surface area (Å²) in [6.45, 7) is 7.16. The Balaban J connectivity index is 1.50. The summed E-state index contributed by atoms with van der Waals surface area (Å²) in [7, 11) is 0. The molecule has 2 unspecified atom stereocenters. The van der Waals surface area contributed by atoms with E-state index in [-0.39, 0.29) is 5.54 Å². The molecule has 0 amide bonds. The maximum atomic E-state index is 4.24. The summed E-state index contributed by atoms with van der Waals surface area (Å²) >= 11 is 0. The molecule has 5 heteroatoms. The van der Waals surface area contributed by atoms with Gasteiger partial charge in [-0.15, -0.1) is 5.10 Å². The van der Waals surface area contributed by atoms with Crippen LogP contribution in [0, 0.1) is 11.8 Å². The van der Waals surface area contributed by atoms with Crippen molar-refractivity contribution in [3.05, 3.63) is 41.2 Å². The smallest absolute Gasteiger partial charge is 0.165 e. The highest BCUT2D eigenvalue weighted by atomic mass is 15.6. The maximum Gasteiger partial charge on any atom is 0.165 e. The van der Waals surface area contributed by atoms with Gasteiger partial charge in [-0.2, -0.15) is 0 Å². The van der Waals surface area contributed by atoms with Crippen molar-refractivity contribution >= 4 is 0 Å². The van der Waals surface area contributed by atoms with Crippen molar-refractivity contribution in [2.24, 2.45) is 11.8 Å². The summed E-state index contributed by atoms with van der Waals surface area (Å²) in [4.78, 5) is 0. The van der Waals surface area contributed by atoms with Crippen LogP contribution in [0.25, 0.3) is 0 Å². The molecule has 0 saturated heterocycles. The molecule has 2 aromatic rings. The molecule has 5 nitrogen and oxygen atoms in total. The summed E-state index contributed by atoms with van der Waals surface area (Å²) in [6.07, 6.45) is 5.07. The van der Waals surface area contributed by atoms with Crippen molar-refractivity contribution in [2.45, 2.75) is 64.6 Å².